The summed E-state index contributed by atoms with van der Waals surface area (Å²) in [5, 5.41) is 11.8. The summed E-state index contributed by atoms with van der Waals surface area (Å²) in [6.45, 7) is 1.11. The molecule has 0 radical (unpaired) electrons. The van der Waals surface area contributed by atoms with E-state index < -0.39 is 0 Å². The van der Waals surface area contributed by atoms with Crippen molar-refractivity contribution in [3.63, 3.8) is 0 Å². The Bertz CT molecular complexity index is 660. The highest BCUT2D eigenvalue weighted by atomic mass is 16.5. The summed E-state index contributed by atoms with van der Waals surface area (Å²) in [6.07, 6.45) is 1.73. The van der Waals surface area contributed by atoms with Crippen LogP contribution in [0.25, 0.3) is 23.0 Å². The third kappa shape index (κ3) is 2.36. The lowest BCUT2D eigenvalue weighted by Gasteiger charge is -1.92. The van der Waals surface area contributed by atoms with Gasteiger partial charge in [0.15, 0.2) is 5.69 Å². The van der Waals surface area contributed by atoms with Gasteiger partial charge in [-0.15, -0.1) is 5.10 Å². The van der Waals surface area contributed by atoms with Crippen LogP contribution in [0.4, 0.5) is 0 Å². The second kappa shape index (κ2) is 4.99. The van der Waals surface area contributed by atoms with Crippen molar-refractivity contribution < 1.29 is 4.52 Å². The van der Waals surface area contributed by atoms with Gasteiger partial charge in [0.1, 0.15) is 0 Å². The standard InChI is InChI=1S/C12H12N6O/c13-6-7-18-8-10(15-17-18)12-14-11(16-19-12)9-4-2-1-3-5-9/h1-5,8H,6-7,13H2. The van der Waals surface area contributed by atoms with Crippen molar-refractivity contribution in [3.8, 4) is 23.0 Å². The minimum atomic E-state index is 0.349. The van der Waals surface area contributed by atoms with Crippen molar-refractivity contribution in [2.75, 3.05) is 6.54 Å². The monoisotopic (exact) mass is 256 g/mol. The topological polar surface area (TPSA) is 95.7 Å². The molecule has 0 amide bonds. The van der Waals surface area contributed by atoms with E-state index in [4.69, 9.17) is 10.3 Å². The highest BCUT2D eigenvalue weighted by molar-refractivity contribution is 5.56. The fraction of sp³-hybridized carbons (Fsp3) is 0.167. The SMILES string of the molecule is NCCn1cc(-c2nc(-c3ccccc3)no2)nn1. The molecule has 7 heteroatoms. The lowest BCUT2D eigenvalue weighted by molar-refractivity contribution is 0.431. The van der Waals surface area contributed by atoms with Crippen LogP contribution < -0.4 is 5.73 Å². The Morgan fingerprint density at radius 2 is 2.05 bits per heavy atom. The molecule has 2 N–H and O–H groups in total. The first kappa shape index (κ1) is 11.5. The highest BCUT2D eigenvalue weighted by Crippen LogP contribution is 2.19. The van der Waals surface area contributed by atoms with Crippen LogP contribution in [0.2, 0.25) is 0 Å². The Hall–Kier alpha value is -2.54. The van der Waals surface area contributed by atoms with Crippen LogP contribution in [-0.4, -0.2) is 31.7 Å². The second-order valence-electron chi connectivity index (χ2n) is 3.94. The van der Waals surface area contributed by atoms with Crippen LogP contribution in [0.15, 0.2) is 41.1 Å². The second-order valence-corrected chi connectivity index (χ2v) is 3.94. The van der Waals surface area contributed by atoms with E-state index in [1.54, 1.807) is 10.9 Å². The zero-order valence-electron chi connectivity index (χ0n) is 10.1. The summed E-state index contributed by atoms with van der Waals surface area (Å²) in [4.78, 5) is 4.30. The van der Waals surface area contributed by atoms with Crippen molar-refractivity contribution in [1.29, 1.82) is 0 Å². The lowest BCUT2D eigenvalue weighted by atomic mass is 10.2. The third-order valence-electron chi connectivity index (χ3n) is 2.57. The van der Waals surface area contributed by atoms with Crippen LogP contribution in [0.3, 0.4) is 0 Å². The van der Waals surface area contributed by atoms with Crippen LogP contribution in [0.1, 0.15) is 0 Å². The van der Waals surface area contributed by atoms with Gasteiger partial charge in [-0.3, -0.25) is 4.68 Å². The van der Waals surface area contributed by atoms with Crippen LogP contribution >= 0.6 is 0 Å². The van der Waals surface area contributed by atoms with E-state index in [1.807, 2.05) is 30.3 Å². The minimum absolute atomic E-state index is 0.349. The zero-order valence-corrected chi connectivity index (χ0v) is 10.1. The smallest absolute Gasteiger partial charge is 0.280 e. The van der Waals surface area contributed by atoms with Crippen LogP contribution in [-0.2, 0) is 6.54 Å². The maximum atomic E-state index is 5.45. The maximum absolute atomic E-state index is 5.45. The van der Waals surface area contributed by atoms with E-state index in [0.29, 0.717) is 30.5 Å². The molecule has 2 aromatic heterocycles. The van der Waals surface area contributed by atoms with Crippen molar-refractivity contribution >= 4 is 0 Å². The fourth-order valence-corrected chi connectivity index (χ4v) is 1.67. The first-order chi connectivity index (χ1) is 9.36. The summed E-state index contributed by atoms with van der Waals surface area (Å²) < 4.78 is 6.83. The fourth-order valence-electron chi connectivity index (χ4n) is 1.67. The van der Waals surface area contributed by atoms with Gasteiger partial charge in [-0.05, 0) is 0 Å². The number of nitrogens with zero attached hydrogens (tertiary/aromatic N) is 5. The molecule has 0 spiro atoms. The summed E-state index contributed by atoms with van der Waals surface area (Å²) in [6, 6.07) is 9.61. The van der Waals surface area contributed by atoms with Gasteiger partial charge >= 0.3 is 0 Å². The first-order valence-corrected chi connectivity index (χ1v) is 5.86. The summed E-state index contributed by atoms with van der Waals surface area (Å²) >= 11 is 0. The molecule has 1 aromatic carbocycles. The summed E-state index contributed by atoms with van der Waals surface area (Å²) in [5.74, 6) is 0.881. The Balaban J connectivity index is 1.88. The zero-order chi connectivity index (χ0) is 13.1. The average Bonchev–Trinajstić information content (AvgIpc) is 3.08. The van der Waals surface area contributed by atoms with Crippen LogP contribution in [0.5, 0.6) is 0 Å². The molecule has 0 unspecified atom stereocenters. The van der Waals surface area contributed by atoms with E-state index in [2.05, 4.69) is 20.5 Å². The largest absolute Gasteiger partial charge is 0.332 e. The quantitative estimate of drug-likeness (QED) is 0.746. The van der Waals surface area contributed by atoms with Gasteiger partial charge in [0.25, 0.3) is 5.89 Å². The number of aromatic nitrogens is 5. The molecule has 96 valence electrons. The summed E-state index contributed by atoms with van der Waals surface area (Å²) in [5.41, 5.74) is 6.89. The van der Waals surface area contributed by atoms with Gasteiger partial charge in [-0.2, -0.15) is 4.98 Å². The van der Waals surface area contributed by atoms with Crippen molar-refractivity contribution in [1.82, 2.24) is 25.1 Å². The first-order valence-electron chi connectivity index (χ1n) is 5.86. The molecule has 0 aliphatic carbocycles. The minimum Gasteiger partial charge on any atom is -0.332 e. The van der Waals surface area contributed by atoms with Gasteiger partial charge in [-0.25, -0.2) is 0 Å². The summed E-state index contributed by atoms with van der Waals surface area (Å²) in [7, 11) is 0. The maximum Gasteiger partial charge on any atom is 0.280 e. The number of nitrogens with two attached hydrogens (primary N) is 1. The van der Waals surface area contributed by atoms with E-state index in [0.717, 1.165) is 5.56 Å². The van der Waals surface area contributed by atoms with Crippen LogP contribution in [0, 0.1) is 0 Å². The molecule has 2 heterocycles. The third-order valence-corrected chi connectivity index (χ3v) is 2.57. The molecular weight excluding hydrogens is 244 g/mol. The highest BCUT2D eigenvalue weighted by Gasteiger charge is 2.13. The number of hydrogen-bond acceptors (Lipinski definition) is 6. The Morgan fingerprint density at radius 3 is 2.84 bits per heavy atom. The van der Waals surface area contributed by atoms with E-state index in [1.165, 1.54) is 0 Å². The molecule has 0 aliphatic rings. The van der Waals surface area contributed by atoms with Crippen molar-refractivity contribution in [3.05, 3.63) is 36.5 Å². The molecule has 3 rings (SSSR count). The predicted molar refractivity (Wildman–Crippen MR) is 67.8 cm³/mol. The molecule has 0 atom stereocenters. The molecular formula is C12H12N6O. The number of rotatable bonds is 4. The van der Waals surface area contributed by atoms with Gasteiger partial charge < -0.3 is 10.3 Å². The molecule has 0 saturated heterocycles. The average molecular weight is 256 g/mol. The Morgan fingerprint density at radius 1 is 1.21 bits per heavy atom. The van der Waals surface area contributed by atoms with Gasteiger partial charge in [0, 0.05) is 12.1 Å². The van der Waals surface area contributed by atoms with E-state index in [-0.39, 0.29) is 0 Å². The van der Waals surface area contributed by atoms with Gasteiger partial charge in [-0.1, -0.05) is 40.7 Å². The predicted octanol–water partition coefficient (Wildman–Crippen LogP) is 0.954. The molecule has 19 heavy (non-hydrogen) atoms. The number of hydrogen-bond donors (Lipinski definition) is 1. The molecule has 0 bridgehead atoms. The van der Waals surface area contributed by atoms with Gasteiger partial charge in [0.2, 0.25) is 5.82 Å². The molecule has 3 aromatic rings. The Kier molecular flexibility index (Phi) is 3.03. The molecule has 7 nitrogen and oxygen atoms in total. The van der Waals surface area contributed by atoms with Crippen molar-refractivity contribution in [2.45, 2.75) is 6.54 Å². The molecule has 0 saturated carbocycles. The van der Waals surface area contributed by atoms with Gasteiger partial charge in [0.05, 0.1) is 12.7 Å². The van der Waals surface area contributed by atoms with E-state index in [9.17, 15) is 0 Å². The Labute approximate surface area is 109 Å². The lowest BCUT2D eigenvalue weighted by Crippen LogP contribution is -2.10. The number of benzene rings is 1. The molecule has 0 aliphatic heterocycles. The van der Waals surface area contributed by atoms with E-state index >= 15 is 0 Å². The van der Waals surface area contributed by atoms with Crippen molar-refractivity contribution in [2.24, 2.45) is 5.73 Å². The normalized spacial score (nSPS) is 10.8. The molecule has 0 fully saturated rings.